The number of carbonyl (C=O) groups excluding carboxylic acids is 3. The van der Waals surface area contributed by atoms with Crippen LogP contribution in [0, 0.1) is 17.5 Å². The van der Waals surface area contributed by atoms with E-state index in [4.69, 9.17) is 11.6 Å². The lowest BCUT2D eigenvalue weighted by Crippen LogP contribution is -2.52. The zero-order valence-corrected chi connectivity index (χ0v) is 16.4. The molecule has 1 N–H and O–H groups in total. The van der Waals surface area contributed by atoms with E-state index in [0.29, 0.717) is 6.07 Å². The molecule has 0 aromatic heterocycles. The second-order valence-electron chi connectivity index (χ2n) is 6.64. The minimum Gasteiger partial charge on any atom is -0.343 e. The van der Waals surface area contributed by atoms with Crippen LogP contribution in [0.25, 0.3) is 0 Å². The quantitative estimate of drug-likeness (QED) is 0.795. The highest BCUT2D eigenvalue weighted by molar-refractivity contribution is 6.31. The summed E-state index contributed by atoms with van der Waals surface area (Å²) in [7, 11) is 0. The summed E-state index contributed by atoms with van der Waals surface area (Å²) < 4.78 is 40.3. The van der Waals surface area contributed by atoms with Gasteiger partial charge in [0.05, 0.1) is 12.1 Å². The Morgan fingerprint density at radius 1 is 0.900 bits per heavy atom. The number of hydrogen-bond donors (Lipinski definition) is 1. The molecule has 0 saturated carbocycles. The topological polar surface area (TPSA) is 69.7 Å². The standard InChI is InChI=1S/C20H17ClF3N3O3/c21-13-1-2-17(24)16(9-13)20(30)27-5-3-26(4-6-27)18(28)11-25-19(29)12-7-14(22)10-15(23)8-12/h1-2,7-10H,3-6,11H2,(H,25,29). The Kier molecular flexibility index (Phi) is 6.61. The summed E-state index contributed by atoms with van der Waals surface area (Å²) in [6.45, 7) is 0.376. The number of carbonyl (C=O) groups is 3. The number of rotatable bonds is 4. The lowest BCUT2D eigenvalue weighted by Gasteiger charge is -2.35. The van der Waals surface area contributed by atoms with Gasteiger partial charge >= 0.3 is 0 Å². The molecular formula is C20H17ClF3N3O3. The molecule has 1 saturated heterocycles. The number of nitrogens with zero attached hydrogens (tertiary/aromatic N) is 2. The van der Waals surface area contributed by atoms with Crippen molar-refractivity contribution in [3.8, 4) is 0 Å². The van der Waals surface area contributed by atoms with Crippen molar-refractivity contribution in [1.82, 2.24) is 15.1 Å². The Hall–Kier alpha value is -3.07. The molecule has 0 bridgehead atoms. The molecule has 3 amide bonds. The van der Waals surface area contributed by atoms with E-state index in [-0.39, 0.29) is 48.9 Å². The highest BCUT2D eigenvalue weighted by Gasteiger charge is 2.26. The first kappa shape index (κ1) is 21.6. The molecule has 0 unspecified atom stereocenters. The minimum absolute atomic E-state index is 0.142. The zero-order valence-electron chi connectivity index (χ0n) is 15.6. The Morgan fingerprint density at radius 2 is 1.50 bits per heavy atom. The number of nitrogens with one attached hydrogen (secondary N) is 1. The van der Waals surface area contributed by atoms with Crippen molar-refractivity contribution < 1.29 is 27.6 Å². The Labute approximate surface area is 175 Å². The SMILES string of the molecule is O=C(NCC(=O)N1CCN(C(=O)c2cc(Cl)ccc2F)CC1)c1cc(F)cc(F)c1. The molecule has 6 nitrogen and oxygen atoms in total. The fraction of sp³-hybridized carbons (Fsp3) is 0.250. The highest BCUT2D eigenvalue weighted by Crippen LogP contribution is 2.18. The van der Waals surface area contributed by atoms with Crippen molar-refractivity contribution in [1.29, 1.82) is 0 Å². The van der Waals surface area contributed by atoms with Crippen LogP contribution in [0.15, 0.2) is 36.4 Å². The van der Waals surface area contributed by atoms with E-state index in [1.165, 1.54) is 21.9 Å². The maximum atomic E-state index is 13.9. The molecule has 30 heavy (non-hydrogen) atoms. The van der Waals surface area contributed by atoms with Crippen LogP contribution in [0.3, 0.4) is 0 Å². The Balaban J connectivity index is 1.52. The first-order valence-electron chi connectivity index (χ1n) is 9.01. The third-order valence-electron chi connectivity index (χ3n) is 4.60. The molecule has 1 heterocycles. The van der Waals surface area contributed by atoms with Crippen LogP contribution in [0.1, 0.15) is 20.7 Å². The molecule has 2 aromatic carbocycles. The summed E-state index contributed by atoms with van der Waals surface area (Å²) in [6, 6.07) is 6.07. The van der Waals surface area contributed by atoms with Crippen molar-refractivity contribution in [2.45, 2.75) is 0 Å². The zero-order chi connectivity index (χ0) is 21.8. The van der Waals surface area contributed by atoms with Crippen LogP contribution in [-0.4, -0.2) is 60.2 Å². The number of hydrogen-bond acceptors (Lipinski definition) is 3. The van der Waals surface area contributed by atoms with Crippen molar-refractivity contribution >= 4 is 29.3 Å². The van der Waals surface area contributed by atoms with Crippen LogP contribution >= 0.6 is 11.6 Å². The molecular weight excluding hydrogens is 423 g/mol. The van der Waals surface area contributed by atoms with Crippen molar-refractivity contribution in [2.24, 2.45) is 0 Å². The number of piperazine rings is 1. The van der Waals surface area contributed by atoms with E-state index in [9.17, 15) is 27.6 Å². The molecule has 1 aliphatic rings. The molecule has 0 spiro atoms. The van der Waals surface area contributed by atoms with Gasteiger partial charge in [0.25, 0.3) is 11.8 Å². The van der Waals surface area contributed by atoms with Gasteiger partial charge < -0.3 is 15.1 Å². The van der Waals surface area contributed by atoms with E-state index in [0.717, 1.165) is 18.2 Å². The third-order valence-corrected chi connectivity index (χ3v) is 4.84. The average Bonchev–Trinajstić information content (AvgIpc) is 2.72. The van der Waals surface area contributed by atoms with Crippen LogP contribution in [0.2, 0.25) is 5.02 Å². The summed E-state index contributed by atoms with van der Waals surface area (Å²) in [5, 5.41) is 2.55. The van der Waals surface area contributed by atoms with Crippen molar-refractivity contribution in [3.63, 3.8) is 0 Å². The summed E-state index contributed by atoms with van der Waals surface area (Å²) >= 11 is 5.82. The van der Waals surface area contributed by atoms with Gasteiger partial charge in [-0.05, 0) is 30.3 Å². The number of benzene rings is 2. The smallest absolute Gasteiger partial charge is 0.257 e. The normalized spacial score (nSPS) is 13.9. The first-order chi connectivity index (χ1) is 14.2. The van der Waals surface area contributed by atoms with Gasteiger partial charge in [0, 0.05) is 42.8 Å². The van der Waals surface area contributed by atoms with Crippen molar-refractivity contribution in [3.05, 3.63) is 70.0 Å². The first-order valence-corrected chi connectivity index (χ1v) is 9.39. The molecule has 1 aliphatic heterocycles. The maximum absolute atomic E-state index is 13.9. The second-order valence-corrected chi connectivity index (χ2v) is 7.07. The largest absolute Gasteiger partial charge is 0.343 e. The van der Waals surface area contributed by atoms with Gasteiger partial charge in [0.2, 0.25) is 5.91 Å². The van der Waals surface area contributed by atoms with E-state index >= 15 is 0 Å². The van der Waals surface area contributed by atoms with Crippen molar-refractivity contribution in [2.75, 3.05) is 32.7 Å². The summed E-state index contributed by atoms with van der Waals surface area (Å²) in [5.41, 5.74) is -0.379. The van der Waals surface area contributed by atoms with E-state index < -0.39 is 35.2 Å². The van der Waals surface area contributed by atoms with Gasteiger partial charge in [-0.25, -0.2) is 13.2 Å². The monoisotopic (exact) mass is 439 g/mol. The van der Waals surface area contributed by atoms with E-state index in [1.807, 2.05) is 0 Å². The fourth-order valence-electron chi connectivity index (χ4n) is 3.05. The second kappa shape index (κ2) is 9.17. The molecule has 3 rings (SSSR count). The van der Waals surface area contributed by atoms with Gasteiger partial charge in [-0.1, -0.05) is 11.6 Å². The summed E-state index contributed by atoms with van der Waals surface area (Å²) in [5.74, 6) is -4.21. The molecule has 0 aliphatic carbocycles. The van der Waals surface area contributed by atoms with Gasteiger partial charge in [0.15, 0.2) is 0 Å². The van der Waals surface area contributed by atoms with E-state index in [2.05, 4.69) is 5.32 Å². The maximum Gasteiger partial charge on any atom is 0.257 e. The van der Waals surface area contributed by atoms with Gasteiger partial charge in [-0.2, -0.15) is 0 Å². The molecule has 0 radical (unpaired) electrons. The predicted octanol–water partition coefficient (Wildman–Crippen LogP) is 2.47. The lowest BCUT2D eigenvalue weighted by atomic mass is 10.1. The number of halogens is 4. The van der Waals surface area contributed by atoms with Crippen LogP contribution in [0.4, 0.5) is 13.2 Å². The fourth-order valence-corrected chi connectivity index (χ4v) is 3.22. The van der Waals surface area contributed by atoms with Crippen LogP contribution in [-0.2, 0) is 4.79 Å². The predicted molar refractivity (Wildman–Crippen MR) is 103 cm³/mol. The Morgan fingerprint density at radius 3 is 2.13 bits per heavy atom. The molecule has 2 aromatic rings. The average molecular weight is 440 g/mol. The van der Waals surface area contributed by atoms with E-state index in [1.54, 1.807) is 0 Å². The Bertz CT molecular complexity index is 974. The molecule has 158 valence electrons. The molecule has 10 heteroatoms. The van der Waals surface area contributed by atoms with Gasteiger partial charge in [0.1, 0.15) is 17.5 Å². The molecule has 0 atom stereocenters. The van der Waals surface area contributed by atoms with Crippen LogP contribution in [0.5, 0.6) is 0 Å². The number of amides is 3. The lowest BCUT2D eigenvalue weighted by molar-refractivity contribution is -0.131. The summed E-state index contributed by atoms with van der Waals surface area (Å²) in [6.07, 6.45) is 0. The summed E-state index contributed by atoms with van der Waals surface area (Å²) in [4.78, 5) is 39.6. The van der Waals surface area contributed by atoms with Gasteiger partial charge in [-0.3, -0.25) is 14.4 Å². The van der Waals surface area contributed by atoms with Crippen LogP contribution < -0.4 is 5.32 Å². The molecule has 1 fully saturated rings. The highest BCUT2D eigenvalue weighted by atomic mass is 35.5. The minimum atomic E-state index is -0.900. The third kappa shape index (κ3) is 5.10. The van der Waals surface area contributed by atoms with Gasteiger partial charge in [-0.15, -0.1) is 0 Å².